The zero-order valence-corrected chi connectivity index (χ0v) is 12.6. The lowest BCUT2D eigenvalue weighted by atomic mass is 9.94. The van der Waals surface area contributed by atoms with E-state index in [9.17, 15) is 10.1 Å². The Hall–Kier alpha value is -2.54. The molecule has 0 radical (unpaired) electrons. The van der Waals surface area contributed by atoms with Crippen molar-refractivity contribution < 1.29 is 9.53 Å². The number of rotatable bonds is 4. The maximum atomic E-state index is 11.7. The predicted molar refractivity (Wildman–Crippen MR) is 83.0 cm³/mol. The molecule has 1 heterocycles. The smallest absolute Gasteiger partial charge is 0.164 e. The van der Waals surface area contributed by atoms with E-state index in [1.807, 2.05) is 18.2 Å². The molecule has 0 N–H and O–H groups in total. The Balaban J connectivity index is 2.59. The SMILES string of the molecule is C=C1Oc2cc(N(CC)CC)ccc2C(C#N)=C1C(C)=O. The Morgan fingerprint density at radius 2 is 2.05 bits per heavy atom. The molecule has 2 rings (SSSR count). The minimum absolute atomic E-state index is 0.213. The minimum atomic E-state index is -0.213. The van der Waals surface area contributed by atoms with Crippen LogP contribution in [0.2, 0.25) is 0 Å². The normalized spacial score (nSPS) is 13.3. The van der Waals surface area contributed by atoms with Gasteiger partial charge in [-0.05, 0) is 32.9 Å². The van der Waals surface area contributed by atoms with Gasteiger partial charge in [0.05, 0.1) is 11.1 Å². The average molecular weight is 282 g/mol. The van der Waals surface area contributed by atoms with E-state index in [1.165, 1.54) is 6.92 Å². The molecule has 0 amide bonds. The molecular weight excluding hydrogens is 264 g/mol. The Morgan fingerprint density at radius 3 is 2.57 bits per heavy atom. The standard InChI is InChI=1S/C17H18N2O2/c1-5-19(6-2)13-7-8-14-15(10-18)17(11(3)20)12(4)21-16(14)9-13/h7-9H,4-6H2,1-3H3. The Labute approximate surface area is 124 Å². The van der Waals surface area contributed by atoms with Crippen LogP contribution >= 0.6 is 0 Å². The van der Waals surface area contributed by atoms with Crippen molar-refractivity contribution in [2.75, 3.05) is 18.0 Å². The highest BCUT2D eigenvalue weighted by Crippen LogP contribution is 2.39. The lowest BCUT2D eigenvalue weighted by molar-refractivity contribution is -0.113. The Kier molecular flexibility index (Phi) is 4.13. The number of allylic oxidation sites excluding steroid dienone is 2. The Bertz CT molecular complexity index is 677. The van der Waals surface area contributed by atoms with E-state index in [4.69, 9.17) is 4.74 Å². The summed E-state index contributed by atoms with van der Waals surface area (Å²) in [6.45, 7) is 11.1. The van der Waals surface area contributed by atoms with Gasteiger partial charge in [-0.1, -0.05) is 6.58 Å². The number of Topliss-reactive ketones (excluding diaryl/α,β-unsaturated/α-hetero) is 1. The van der Waals surface area contributed by atoms with Crippen LogP contribution in [0.1, 0.15) is 26.3 Å². The fourth-order valence-corrected chi connectivity index (χ4v) is 2.53. The number of ketones is 1. The molecule has 21 heavy (non-hydrogen) atoms. The zero-order valence-electron chi connectivity index (χ0n) is 12.6. The van der Waals surface area contributed by atoms with E-state index in [1.54, 1.807) is 0 Å². The van der Waals surface area contributed by atoms with Crippen LogP contribution in [-0.2, 0) is 4.79 Å². The summed E-state index contributed by atoms with van der Waals surface area (Å²) in [5, 5.41) is 9.38. The van der Waals surface area contributed by atoms with E-state index in [0.717, 1.165) is 18.8 Å². The fraction of sp³-hybridized carbons (Fsp3) is 0.294. The monoisotopic (exact) mass is 282 g/mol. The third-order valence-electron chi connectivity index (χ3n) is 3.59. The number of ether oxygens (including phenoxy) is 1. The van der Waals surface area contributed by atoms with Crippen molar-refractivity contribution in [2.24, 2.45) is 0 Å². The first kappa shape index (κ1) is 14.9. The van der Waals surface area contributed by atoms with Gasteiger partial charge in [0.25, 0.3) is 0 Å². The summed E-state index contributed by atoms with van der Waals surface area (Å²) in [5.41, 5.74) is 2.27. The molecular formula is C17H18N2O2. The molecule has 0 saturated carbocycles. The molecule has 1 aromatic carbocycles. The van der Waals surface area contributed by atoms with Gasteiger partial charge in [0, 0.05) is 30.4 Å². The third-order valence-corrected chi connectivity index (χ3v) is 3.59. The van der Waals surface area contributed by atoms with Crippen LogP contribution in [0.3, 0.4) is 0 Å². The second-order valence-corrected chi connectivity index (χ2v) is 4.80. The second kappa shape index (κ2) is 5.84. The highest BCUT2D eigenvalue weighted by atomic mass is 16.5. The second-order valence-electron chi connectivity index (χ2n) is 4.80. The van der Waals surface area contributed by atoms with Crippen LogP contribution in [-0.4, -0.2) is 18.9 Å². The van der Waals surface area contributed by atoms with Gasteiger partial charge in [-0.25, -0.2) is 0 Å². The van der Waals surface area contributed by atoms with Gasteiger partial charge in [-0.2, -0.15) is 5.26 Å². The lowest BCUT2D eigenvalue weighted by Crippen LogP contribution is -2.22. The summed E-state index contributed by atoms with van der Waals surface area (Å²) in [7, 11) is 0. The quantitative estimate of drug-likeness (QED) is 0.850. The summed E-state index contributed by atoms with van der Waals surface area (Å²) in [6.07, 6.45) is 0. The highest BCUT2D eigenvalue weighted by Gasteiger charge is 2.26. The van der Waals surface area contributed by atoms with Crippen molar-refractivity contribution >= 4 is 17.0 Å². The number of nitriles is 1. The molecule has 4 nitrogen and oxygen atoms in total. The van der Waals surface area contributed by atoms with Crippen molar-refractivity contribution in [1.29, 1.82) is 5.26 Å². The van der Waals surface area contributed by atoms with Gasteiger partial charge in [0.2, 0.25) is 0 Å². The van der Waals surface area contributed by atoms with Gasteiger partial charge in [-0.15, -0.1) is 0 Å². The largest absolute Gasteiger partial charge is 0.456 e. The Morgan fingerprint density at radius 1 is 1.38 bits per heavy atom. The van der Waals surface area contributed by atoms with Crippen LogP contribution in [0.25, 0.3) is 5.57 Å². The molecule has 0 spiro atoms. The number of carbonyl (C=O) groups excluding carboxylic acids is 1. The van der Waals surface area contributed by atoms with Gasteiger partial charge >= 0.3 is 0 Å². The van der Waals surface area contributed by atoms with Gasteiger partial charge in [0.1, 0.15) is 17.6 Å². The summed E-state index contributed by atoms with van der Waals surface area (Å²) >= 11 is 0. The van der Waals surface area contributed by atoms with Crippen molar-refractivity contribution in [3.63, 3.8) is 0 Å². The van der Waals surface area contributed by atoms with Crippen LogP contribution < -0.4 is 9.64 Å². The molecule has 0 fully saturated rings. The molecule has 0 atom stereocenters. The molecule has 0 aromatic heterocycles. The van der Waals surface area contributed by atoms with E-state index in [2.05, 4.69) is 31.4 Å². The molecule has 4 heteroatoms. The van der Waals surface area contributed by atoms with Crippen LogP contribution in [0.15, 0.2) is 36.1 Å². The van der Waals surface area contributed by atoms with Crippen LogP contribution in [0, 0.1) is 11.3 Å². The number of hydrogen-bond acceptors (Lipinski definition) is 4. The summed E-state index contributed by atoms with van der Waals surface area (Å²) in [4.78, 5) is 13.9. The number of anilines is 1. The number of nitrogens with zero attached hydrogens (tertiary/aromatic N) is 2. The van der Waals surface area contributed by atoms with Crippen molar-refractivity contribution in [3.8, 4) is 11.8 Å². The van der Waals surface area contributed by atoms with Crippen LogP contribution in [0.5, 0.6) is 5.75 Å². The zero-order chi connectivity index (χ0) is 15.6. The van der Waals surface area contributed by atoms with E-state index in [-0.39, 0.29) is 17.1 Å². The molecule has 0 aliphatic carbocycles. The minimum Gasteiger partial charge on any atom is -0.456 e. The number of benzene rings is 1. The maximum absolute atomic E-state index is 11.7. The first-order chi connectivity index (χ1) is 10.0. The fourth-order valence-electron chi connectivity index (χ4n) is 2.53. The topological polar surface area (TPSA) is 53.3 Å². The highest BCUT2D eigenvalue weighted by molar-refractivity contribution is 6.09. The number of hydrogen-bond donors (Lipinski definition) is 0. The summed E-state index contributed by atoms with van der Waals surface area (Å²) in [6, 6.07) is 7.77. The first-order valence-electron chi connectivity index (χ1n) is 6.95. The number of carbonyl (C=O) groups is 1. The van der Waals surface area contributed by atoms with Crippen molar-refractivity contribution in [1.82, 2.24) is 0 Å². The van der Waals surface area contributed by atoms with Gasteiger partial charge in [-0.3, -0.25) is 4.79 Å². The lowest BCUT2D eigenvalue weighted by Gasteiger charge is -2.25. The van der Waals surface area contributed by atoms with E-state index >= 15 is 0 Å². The molecule has 0 saturated heterocycles. The van der Waals surface area contributed by atoms with Crippen molar-refractivity contribution in [2.45, 2.75) is 20.8 Å². The predicted octanol–water partition coefficient (Wildman–Crippen LogP) is 3.31. The third kappa shape index (κ3) is 2.55. The molecule has 1 aliphatic heterocycles. The number of fused-ring (bicyclic) bond motifs is 1. The summed E-state index contributed by atoms with van der Waals surface area (Å²) in [5.74, 6) is 0.601. The van der Waals surface area contributed by atoms with Gasteiger partial charge < -0.3 is 9.64 Å². The van der Waals surface area contributed by atoms with E-state index < -0.39 is 0 Å². The van der Waals surface area contributed by atoms with E-state index in [0.29, 0.717) is 16.9 Å². The molecule has 108 valence electrons. The van der Waals surface area contributed by atoms with Crippen molar-refractivity contribution in [3.05, 3.63) is 41.7 Å². The van der Waals surface area contributed by atoms with Crippen LogP contribution in [0.4, 0.5) is 5.69 Å². The van der Waals surface area contributed by atoms with Gasteiger partial charge in [0.15, 0.2) is 5.78 Å². The molecule has 0 bridgehead atoms. The molecule has 1 aromatic rings. The first-order valence-corrected chi connectivity index (χ1v) is 6.95. The average Bonchev–Trinajstić information content (AvgIpc) is 2.46. The maximum Gasteiger partial charge on any atom is 0.164 e. The molecule has 1 aliphatic rings. The summed E-state index contributed by atoms with van der Waals surface area (Å²) < 4.78 is 5.67. The molecule has 0 unspecified atom stereocenters.